The largest absolute Gasteiger partial charge is 0.507 e. The molecule has 3 aromatic carbocycles. The maximum Gasteiger partial charge on any atom is 0.328 e. The van der Waals surface area contributed by atoms with E-state index in [1.807, 2.05) is 6.08 Å². The van der Waals surface area contributed by atoms with E-state index in [2.05, 4.69) is 5.43 Å². The van der Waals surface area contributed by atoms with Crippen molar-refractivity contribution in [2.45, 2.75) is 38.0 Å². The van der Waals surface area contributed by atoms with Gasteiger partial charge < -0.3 is 10.8 Å². The quantitative estimate of drug-likeness (QED) is 0.268. The van der Waals surface area contributed by atoms with Crippen LogP contribution < -0.4 is 11.2 Å². The van der Waals surface area contributed by atoms with Crippen LogP contribution in [0.1, 0.15) is 41.0 Å². The molecule has 2 saturated heterocycles. The smallest absolute Gasteiger partial charge is 0.328 e. The Morgan fingerprint density at radius 3 is 2.21 bits per heavy atom. The number of imide groups is 4. The molecule has 0 aromatic heterocycles. The van der Waals surface area contributed by atoms with Gasteiger partial charge in [0.25, 0.3) is 11.8 Å². The highest BCUT2D eigenvalue weighted by Crippen LogP contribution is 2.64. The molecule has 0 unspecified atom stereocenters. The number of amides is 6. The lowest BCUT2D eigenvalue weighted by Gasteiger charge is -2.50. The summed E-state index contributed by atoms with van der Waals surface area (Å²) in [7, 11) is 0. The van der Waals surface area contributed by atoms with Gasteiger partial charge in [0.15, 0.2) is 0 Å². The lowest BCUT2D eigenvalue weighted by atomic mass is 9.49. The fourth-order valence-corrected chi connectivity index (χ4v) is 8.53. The Morgan fingerprint density at radius 1 is 0.957 bits per heavy atom. The lowest BCUT2D eigenvalue weighted by molar-refractivity contribution is -0.139. The summed E-state index contributed by atoms with van der Waals surface area (Å²) in [5.74, 6) is -7.36. The van der Waals surface area contributed by atoms with Gasteiger partial charge in [-0.15, -0.1) is 0 Å². The maximum atomic E-state index is 15.1. The van der Waals surface area contributed by atoms with Gasteiger partial charge in [-0.3, -0.25) is 24.6 Å². The summed E-state index contributed by atoms with van der Waals surface area (Å²) in [6, 6.07) is 14.3. The van der Waals surface area contributed by atoms with Crippen molar-refractivity contribution in [3.05, 3.63) is 105 Å². The molecule has 240 valence electrons. The molecule has 12 heteroatoms. The first kappa shape index (κ1) is 30.6. The van der Waals surface area contributed by atoms with Crippen LogP contribution in [-0.4, -0.2) is 44.7 Å². The van der Waals surface area contributed by atoms with Crippen molar-refractivity contribution in [3.8, 4) is 5.75 Å². The van der Waals surface area contributed by atoms with Gasteiger partial charge in [-0.1, -0.05) is 47.5 Å². The molecule has 3 fully saturated rings. The number of hydrogen-bond acceptors (Lipinski definition) is 7. The number of carbonyl (C=O) groups excluding carboxylic acids is 5. The Kier molecular flexibility index (Phi) is 7.01. The van der Waals surface area contributed by atoms with Crippen molar-refractivity contribution >= 4 is 46.9 Å². The van der Waals surface area contributed by atoms with Gasteiger partial charge in [0.2, 0.25) is 11.8 Å². The van der Waals surface area contributed by atoms with Gasteiger partial charge in [-0.2, -0.15) is 9.91 Å². The number of allylic oxidation sites excluding steroid dienone is 2. The topological polar surface area (TPSA) is 150 Å². The highest BCUT2D eigenvalue weighted by molar-refractivity contribution is 6.30. The summed E-state index contributed by atoms with van der Waals surface area (Å²) in [5, 5.41) is 12.1. The molecule has 6 amide bonds. The fourth-order valence-electron chi connectivity index (χ4n) is 8.40. The number of hydrogen-bond donors (Lipinski definition) is 3. The number of phenols is 1. The number of aryl methyl sites for hydroxylation is 2. The van der Waals surface area contributed by atoms with Gasteiger partial charge >= 0.3 is 6.03 Å². The van der Waals surface area contributed by atoms with Crippen molar-refractivity contribution < 1.29 is 33.5 Å². The number of nitrogens with one attached hydrogen (secondary N) is 1. The number of carbonyl (C=O) groups is 5. The van der Waals surface area contributed by atoms with Crippen LogP contribution in [0.5, 0.6) is 5.75 Å². The fraction of sp³-hybridized carbons (Fsp3) is 0.286. The van der Waals surface area contributed by atoms with Gasteiger partial charge in [0.05, 0.1) is 28.9 Å². The minimum absolute atomic E-state index is 0.0139. The molecular formula is C35H30ClFN4O6. The van der Waals surface area contributed by atoms with Gasteiger partial charge in [-0.05, 0) is 91.3 Å². The number of rotatable bonds is 4. The highest BCUT2D eigenvalue weighted by atomic mass is 35.5. The average molecular weight is 657 g/mol. The zero-order valence-electron chi connectivity index (χ0n) is 25.4. The van der Waals surface area contributed by atoms with Crippen molar-refractivity contribution in [1.29, 1.82) is 0 Å². The highest BCUT2D eigenvalue weighted by Gasteiger charge is 2.70. The second-order valence-electron chi connectivity index (χ2n) is 12.7. The van der Waals surface area contributed by atoms with Crippen LogP contribution in [0.25, 0.3) is 0 Å². The van der Waals surface area contributed by atoms with Gasteiger partial charge in [0, 0.05) is 10.9 Å². The Balaban J connectivity index is 1.48. The van der Waals surface area contributed by atoms with Crippen molar-refractivity contribution in [2.75, 3.05) is 5.43 Å². The average Bonchev–Trinajstić information content (AvgIpc) is 3.42. The zero-order chi connectivity index (χ0) is 33.5. The first-order valence-electron chi connectivity index (χ1n) is 15.2. The first-order chi connectivity index (χ1) is 22.4. The minimum atomic E-state index is -1.56. The summed E-state index contributed by atoms with van der Waals surface area (Å²) in [5.41, 5.74) is 10.00. The molecule has 1 saturated carbocycles. The van der Waals surface area contributed by atoms with E-state index in [-0.39, 0.29) is 18.6 Å². The summed E-state index contributed by atoms with van der Waals surface area (Å²) < 4.78 is 13.8. The molecule has 2 aliphatic carbocycles. The normalized spacial score (nSPS) is 28.2. The van der Waals surface area contributed by atoms with E-state index in [0.717, 1.165) is 5.01 Å². The molecule has 10 nitrogen and oxygen atoms in total. The molecule has 0 spiro atoms. The second-order valence-corrected chi connectivity index (χ2v) is 13.2. The van der Waals surface area contributed by atoms with Crippen LogP contribution in [0, 0.1) is 43.3 Å². The monoisotopic (exact) mass is 656 g/mol. The number of nitrogens with two attached hydrogens (primary N) is 1. The Bertz CT molecular complexity index is 1910. The Labute approximate surface area is 273 Å². The molecular weight excluding hydrogens is 627 g/mol. The number of urea groups is 1. The van der Waals surface area contributed by atoms with Gasteiger partial charge in [0.1, 0.15) is 11.6 Å². The third-order valence-corrected chi connectivity index (χ3v) is 10.6. The molecule has 0 radical (unpaired) electrons. The molecule has 3 aromatic rings. The molecule has 4 aliphatic rings. The van der Waals surface area contributed by atoms with Crippen LogP contribution in [0.2, 0.25) is 5.02 Å². The molecule has 7 rings (SSSR count). The van der Waals surface area contributed by atoms with E-state index >= 15 is 4.79 Å². The first-order valence-corrected chi connectivity index (χ1v) is 15.6. The summed E-state index contributed by atoms with van der Waals surface area (Å²) >= 11 is 6.30. The molecule has 4 N–H and O–H groups in total. The minimum Gasteiger partial charge on any atom is -0.507 e. The van der Waals surface area contributed by atoms with E-state index in [9.17, 15) is 28.7 Å². The number of hydrazine groups is 1. The van der Waals surface area contributed by atoms with Crippen LogP contribution in [0.15, 0.2) is 72.3 Å². The summed E-state index contributed by atoms with van der Waals surface area (Å²) in [4.78, 5) is 69.3. The lowest BCUT2D eigenvalue weighted by Crippen LogP contribution is -2.53. The number of primary amides is 1. The molecule has 47 heavy (non-hydrogen) atoms. The third-order valence-electron chi connectivity index (χ3n) is 10.3. The summed E-state index contributed by atoms with van der Waals surface area (Å²) in [6.07, 6.45) is 1.99. The summed E-state index contributed by atoms with van der Waals surface area (Å²) in [6.45, 7) is 3.47. The standard InChI is InChI=1S/C35H30ClFN4O6/c1-16-13-18(14-17(2)29(16)42)28-23-11-12-24-27(32(45)40(30(24)43)34(38)47)25(23)15-26-31(44)41(39-22-9-7-21(37)8-10-22)33(46)35(26,28)19-3-5-20(36)6-4-19/h3-11,13-14,24-28,39,42H,12,15H2,1-2H3,(H2,38,47)/t24-,25+,26-,27-,28-,35+/m0/s1. The van der Waals surface area contributed by atoms with E-state index in [1.54, 1.807) is 50.2 Å². The molecule has 2 aliphatic heterocycles. The predicted octanol–water partition coefficient (Wildman–Crippen LogP) is 4.87. The molecule has 0 bridgehead atoms. The maximum absolute atomic E-state index is 15.1. The third kappa shape index (κ3) is 4.32. The van der Waals surface area contributed by atoms with E-state index < -0.39 is 70.5 Å². The molecule has 6 atom stereocenters. The molecule has 2 heterocycles. The van der Waals surface area contributed by atoms with Crippen LogP contribution in [0.4, 0.5) is 14.9 Å². The Morgan fingerprint density at radius 2 is 1.60 bits per heavy atom. The van der Waals surface area contributed by atoms with E-state index in [0.29, 0.717) is 43.4 Å². The van der Waals surface area contributed by atoms with Gasteiger partial charge in [-0.25, -0.2) is 9.18 Å². The van der Waals surface area contributed by atoms with Crippen LogP contribution in [-0.2, 0) is 24.6 Å². The Hall–Kier alpha value is -5.03. The van der Waals surface area contributed by atoms with Crippen LogP contribution >= 0.6 is 11.6 Å². The number of aromatic hydroxyl groups is 1. The van der Waals surface area contributed by atoms with Crippen molar-refractivity contribution in [3.63, 3.8) is 0 Å². The number of nitrogens with zero attached hydrogens (tertiary/aromatic N) is 2. The van der Waals surface area contributed by atoms with E-state index in [4.69, 9.17) is 17.3 Å². The number of likely N-dealkylation sites (tertiary alicyclic amines) is 1. The van der Waals surface area contributed by atoms with Crippen LogP contribution in [0.3, 0.4) is 0 Å². The van der Waals surface area contributed by atoms with E-state index in [1.165, 1.54) is 24.3 Å². The SMILES string of the molecule is Cc1cc([C@H]2C3=CC[C@@H]4C(=O)N(C(N)=O)C(=O)[C@@H]4[C@@H]3C[C@H]3C(=O)N(Nc4ccc(F)cc4)C(=O)[C@@]23c2ccc(Cl)cc2)cc(C)c1O. The second kappa shape index (κ2) is 10.8. The number of benzene rings is 3. The number of fused-ring (bicyclic) bond motifs is 4. The van der Waals surface area contributed by atoms with Crippen molar-refractivity contribution in [1.82, 2.24) is 9.91 Å². The predicted molar refractivity (Wildman–Crippen MR) is 168 cm³/mol. The number of anilines is 1. The number of halogens is 2. The number of phenolic OH excluding ortho intramolecular Hbond substituents is 1. The zero-order valence-corrected chi connectivity index (χ0v) is 26.1. The van der Waals surface area contributed by atoms with Crippen molar-refractivity contribution in [2.24, 2.45) is 29.4 Å².